The van der Waals surface area contributed by atoms with Crippen LogP contribution in [0.5, 0.6) is 0 Å². The molecule has 0 aliphatic heterocycles. The van der Waals surface area contributed by atoms with E-state index in [1.807, 2.05) is 30.5 Å². The second-order valence-corrected chi connectivity index (χ2v) is 4.92. The van der Waals surface area contributed by atoms with E-state index in [1.165, 1.54) is 0 Å². The van der Waals surface area contributed by atoms with E-state index in [-0.39, 0.29) is 5.91 Å². The molecule has 0 saturated carbocycles. The maximum absolute atomic E-state index is 12.1. The molecule has 2 rings (SSSR count). The summed E-state index contributed by atoms with van der Waals surface area (Å²) >= 11 is 0. The number of fused-ring (bicyclic) bond motifs is 1. The minimum absolute atomic E-state index is 0.00708. The zero-order chi connectivity index (χ0) is 14.4. The maximum atomic E-state index is 12.1. The molecule has 0 radical (unpaired) electrons. The molecular formula is C16H23N3O. The average Bonchev–Trinajstić information content (AvgIpc) is 2.94. The number of carbonyl (C=O) groups excluding carboxylic acids is 1. The van der Waals surface area contributed by atoms with Crippen LogP contribution in [-0.4, -0.2) is 42.0 Å². The molecule has 2 N–H and O–H groups in total. The Bertz CT molecular complexity index is 558. The number of carbonyl (C=O) groups is 1. The van der Waals surface area contributed by atoms with E-state index in [0.29, 0.717) is 0 Å². The van der Waals surface area contributed by atoms with Crippen LogP contribution in [-0.2, 0) is 0 Å². The smallest absolute Gasteiger partial charge is 0.251 e. The molecule has 2 aromatic rings. The molecule has 20 heavy (non-hydrogen) atoms. The fourth-order valence-electron chi connectivity index (χ4n) is 2.34. The zero-order valence-electron chi connectivity index (χ0n) is 12.3. The van der Waals surface area contributed by atoms with Gasteiger partial charge in [-0.05, 0) is 50.3 Å². The zero-order valence-corrected chi connectivity index (χ0v) is 12.3. The van der Waals surface area contributed by atoms with Crippen molar-refractivity contribution in [3.63, 3.8) is 0 Å². The van der Waals surface area contributed by atoms with Crippen LogP contribution in [0.25, 0.3) is 10.9 Å². The number of amides is 1. The molecular weight excluding hydrogens is 250 g/mol. The molecule has 0 saturated heterocycles. The van der Waals surface area contributed by atoms with Gasteiger partial charge in [-0.2, -0.15) is 0 Å². The summed E-state index contributed by atoms with van der Waals surface area (Å²) in [5, 5.41) is 4.05. The van der Waals surface area contributed by atoms with Gasteiger partial charge in [0.25, 0.3) is 5.91 Å². The van der Waals surface area contributed by atoms with E-state index < -0.39 is 0 Å². The highest BCUT2D eigenvalue weighted by Crippen LogP contribution is 2.14. The largest absolute Gasteiger partial charge is 0.361 e. The van der Waals surface area contributed by atoms with Crippen molar-refractivity contribution in [3.8, 4) is 0 Å². The molecule has 1 aromatic heterocycles. The van der Waals surface area contributed by atoms with Crippen LogP contribution in [0.15, 0.2) is 30.5 Å². The number of rotatable bonds is 7. The third-order valence-electron chi connectivity index (χ3n) is 3.65. The van der Waals surface area contributed by atoms with Gasteiger partial charge in [0, 0.05) is 29.2 Å². The molecule has 1 amide bonds. The Balaban J connectivity index is 1.82. The Morgan fingerprint density at radius 2 is 2.05 bits per heavy atom. The summed E-state index contributed by atoms with van der Waals surface area (Å²) in [6.45, 7) is 8.20. The summed E-state index contributed by atoms with van der Waals surface area (Å²) in [6.07, 6.45) is 2.87. The van der Waals surface area contributed by atoms with Gasteiger partial charge in [0.1, 0.15) is 0 Å². The van der Waals surface area contributed by atoms with Crippen LogP contribution in [0.1, 0.15) is 30.6 Å². The number of aromatic amines is 1. The number of nitrogens with one attached hydrogen (secondary N) is 2. The lowest BCUT2D eigenvalue weighted by Gasteiger charge is -2.17. The molecule has 0 aliphatic carbocycles. The lowest BCUT2D eigenvalue weighted by Crippen LogP contribution is -2.29. The molecule has 0 atom stereocenters. The van der Waals surface area contributed by atoms with Gasteiger partial charge in [0.05, 0.1) is 0 Å². The standard InChI is InChI=1S/C16H23N3O/c1-3-19(4-2)11-5-9-18-16(20)14-6-7-15-13(12-14)8-10-17-15/h6-8,10,12,17H,3-5,9,11H2,1-2H3,(H,18,20). The SMILES string of the molecule is CCN(CC)CCCNC(=O)c1ccc2[nH]ccc2c1. The Hall–Kier alpha value is -1.81. The fourth-order valence-corrected chi connectivity index (χ4v) is 2.34. The van der Waals surface area contributed by atoms with E-state index in [4.69, 9.17) is 0 Å². The number of hydrogen-bond donors (Lipinski definition) is 2. The van der Waals surface area contributed by atoms with Crippen LogP contribution in [0, 0.1) is 0 Å². The molecule has 0 fully saturated rings. The van der Waals surface area contributed by atoms with Gasteiger partial charge in [-0.1, -0.05) is 13.8 Å². The summed E-state index contributed by atoms with van der Waals surface area (Å²) in [7, 11) is 0. The minimum atomic E-state index is 0.00708. The average molecular weight is 273 g/mol. The van der Waals surface area contributed by atoms with E-state index in [1.54, 1.807) is 0 Å². The van der Waals surface area contributed by atoms with Crippen molar-refractivity contribution in [1.29, 1.82) is 0 Å². The quantitative estimate of drug-likeness (QED) is 0.762. The molecule has 1 heterocycles. The Morgan fingerprint density at radius 3 is 2.80 bits per heavy atom. The summed E-state index contributed by atoms with van der Waals surface area (Å²) < 4.78 is 0. The molecule has 108 valence electrons. The van der Waals surface area contributed by atoms with Crippen molar-refractivity contribution in [2.24, 2.45) is 0 Å². The number of aromatic nitrogens is 1. The van der Waals surface area contributed by atoms with Crippen molar-refractivity contribution in [2.45, 2.75) is 20.3 Å². The summed E-state index contributed by atoms with van der Waals surface area (Å²) in [4.78, 5) is 17.5. The maximum Gasteiger partial charge on any atom is 0.251 e. The molecule has 4 heteroatoms. The van der Waals surface area contributed by atoms with Crippen molar-refractivity contribution in [1.82, 2.24) is 15.2 Å². The first-order valence-electron chi connectivity index (χ1n) is 7.32. The first-order valence-corrected chi connectivity index (χ1v) is 7.32. The lowest BCUT2D eigenvalue weighted by atomic mass is 10.1. The van der Waals surface area contributed by atoms with Crippen LogP contribution >= 0.6 is 0 Å². The topological polar surface area (TPSA) is 48.1 Å². The summed E-state index contributed by atoms with van der Waals surface area (Å²) in [5.41, 5.74) is 1.78. The second kappa shape index (κ2) is 7.10. The minimum Gasteiger partial charge on any atom is -0.361 e. The predicted octanol–water partition coefficient (Wildman–Crippen LogP) is 2.63. The molecule has 0 bridgehead atoms. The molecule has 0 aliphatic rings. The van der Waals surface area contributed by atoms with Gasteiger partial charge < -0.3 is 15.2 Å². The normalized spacial score (nSPS) is 11.2. The number of nitrogens with zero attached hydrogens (tertiary/aromatic N) is 1. The van der Waals surface area contributed by atoms with Crippen molar-refractivity contribution < 1.29 is 4.79 Å². The second-order valence-electron chi connectivity index (χ2n) is 4.92. The van der Waals surface area contributed by atoms with Gasteiger partial charge in [-0.15, -0.1) is 0 Å². The lowest BCUT2D eigenvalue weighted by molar-refractivity contribution is 0.0952. The van der Waals surface area contributed by atoms with Gasteiger partial charge in [-0.25, -0.2) is 0 Å². The van der Waals surface area contributed by atoms with Gasteiger partial charge >= 0.3 is 0 Å². The van der Waals surface area contributed by atoms with Crippen LogP contribution < -0.4 is 5.32 Å². The van der Waals surface area contributed by atoms with E-state index in [9.17, 15) is 4.79 Å². The monoisotopic (exact) mass is 273 g/mol. The summed E-state index contributed by atoms with van der Waals surface area (Å²) in [5.74, 6) is 0.00708. The number of benzene rings is 1. The van der Waals surface area contributed by atoms with Gasteiger partial charge in [-0.3, -0.25) is 4.79 Å². The van der Waals surface area contributed by atoms with Crippen LogP contribution in [0.2, 0.25) is 0 Å². The Morgan fingerprint density at radius 1 is 1.25 bits per heavy atom. The first kappa shape index (κ1) is 14.6. The highest BCUT2D eigenvalue weighted by Gasteiger charge is 2.06. The van der Waals surface area contributed by atoms with Crippen molar-refractivity contribution >= 4 is 16.8 Å². The number of H-pyrrole nitrogens is 1. The van der Waals surface area contributed by atoms with Gasteiger partial charge in [0.2, 0.25) is 0 Å². The summed E-state index contributed by atoms with van der Waals surface area (Å²) in [6, 6.07) is 7.71. The fraction of sp³-hybridized carbons (Fsp3) is 0.438. The molecule has 0 unspecified atom stereocenters. The third-order valence-corrected chi connectivity index (χ3v) is 3.65. The molecule has 4 nitrogen and oxygen atoms in total. The Labute approximate surface area is 120 Å². The van der Waals surface area contributed by atoms with E-state index in [2.05, 4.69) is 29.0 Å². The Kier molecular flexibility index (Phi) is 5.18. The molecule has 0 spiro atoms. The van der Waals surface area contributed by atoms with Crippen LogP contribution in [0.3, 0.4) is 0 Å². The van der Waals surface area contributed by atoms with Gasteiger partial charge in [0.15, 0.2) is 0 Å². The highest BCUT2D eigenvalue weighted by molar-refractivity contribution is 5.98. The first-order chi connectivity index (χ1) is 9.74. The van der Waals surface area contributed by atoms with Crippen LogP contribution in [0.4, 0.5) is 0 Å². The number of hydrogen-bond acceptors (Lipinski definition) is 2. The highest BCUT2D eigenvalue weighted by atomic mass is 16.1. The third kappa shape index (κ3) is 3.61. The van der Waals surface area contributed by atoms with E-state index in [0.717, 1.165) is 49.1 Å². The molecule has 1 aromatic carbocycles. The van der Waals surface area contributed by atoms with E-state index >= 15 is 0 Å². The van der Waals surface area contributed by atoms with Crippen molar-refractivity contribution in [3.05, 3.63) is 36.0 Å². The van der Waals surface area contributed by atoms with Crippen molar-refractivity contribution in [2.75, 3.05) is 26.2 Å². The predicted molar refractivity (Wildman–Crippen MR) is 83.0 cm³/mol.